The Morgan fingerprint density at radius 2 is 2.27 bits per heavy atom. The molecule has 1 aromatic heterocycles. The summed E-state index contributed by atoms with van der Waals surface area (Å²) < 4.78 is 6.90. The van der Waals surface area contributed by atoms with Crippen LogP contribution in [0.5, 0.6) is 0 Å². The van der Waals surface area contributed by atoms with Gasteiger partial charge in [0.25, 0.3) is 0 Å². The van der Waals surface area contributed by atoms with Gasteiger partial charge in [0.15, 0.2) is 0 Å². The van der Waals surface area contributed by atoms with Gasteiger partial charge in [-0.1, -0.05) is 0 Å². The Labute approximate surface area is 90.2 Å². The van der Waals surface area contributed by atoms with E-state index < -0.39 is 0 Å². The van der Waals surface area contributed by atoms with Gasteiger partial charge in [0, 0.05) is 26.8 Å². The van der Waals surface area contributed by atoms with Gasteiger partial charge in [-0.3, -0.25) is 9.48 Å². The van der Waals surface area contributed by atoms with Crippen molar-refractivity contribution < 1.29 is 9.53 Å². The summed E-state index contributed by atoms with van der Waals surface area (Å²) in [5, 5.41) is 4.16. The standard InChI is InChI=1S/C11H18N2O2/c1-11(2,15-4)8-10(14)7-9-5-6-13(3)12-9/h5-6H,7-8H2,1-4H3. The van der Waals surface area contributed by atoms with Crippen molar-refractivity contribution in [1.82, 2.24) is 9.78 Å². The molecule has 0 N–H and O–H groups in total. The summed E-state index contributed by atoms with van der Waals surface area (Å²) in [7, 11) is 3.46. The van der Waals surface area contributed by atoms with Crippen LogP contribution in [0.15, 0.2) is 12.3 Å². The summed E-state index contributed by atoms with van der Waals surface area (Å²) in [4.78, 5) is 11.7. The molecule has 0 bridgehead atoms. The Morgan fingerprint density at radius 1 is 1.60 bits per heavy atom. The monoisotopic (exact) mass is 210 g/mol. The molecular formula is C11H18N2O2. The molecule has 4 nitrogen and oxygen atoms in total. The van der Waals surface area contributed by atoms with Crippen LogP contribution in [-0.4, -0.2) is 28.3 Å². The maximum Gasteiger partial charge on any atom is 0.141 e. The number of ketones is 1. The van der Waals surface area contributed by atoms with E-state index in [-0.39, 0.29) is 11.4 Å². The van der Waals surface area contributed by atoms with Crippen molar-refractivity contribution in [3.63, 3.8) is 0 Å². The minimum Gasteiger partial charge on any atom is -0.378 e. The van der Waals surface area contributed by atoms with Crippen LogP contribution in [0.3, 0.4) is 0 Å². The molecule has 0 aliphatic heterocycles. The SMILES string of the molecule is COC(C)(C)CC(=O)Cc1ccn(C)n1. The second-order valence-electron chi connectivity index (χ2n) is 4.34. The van der Waals surface area contributed by atoms with Crippen LogP contribution in [0.25, 0.3) is 0 Å². The number of nitrogens with zero attached hydrogens (tertiary/aromatic N) is 2. The molecule has 4 heteroatoms. The zero-order valence-corrected chi connectivity index (χ0v) is 9.78. The fourth-order valence-electron chi connectivity index (χ4n) is 1.37. The fraction of sp³-hybridized carbons (Fsp3) is 0.636. The first kappa shape index (κ1) is 11.9. The predicted octanol–water partition coefficient (Wildman–Crippen LogP) is 1.35. The number of aryl methyl sites for hydroxylation is 1. The van der Waals surface area contributed by atoms with E-state index in [0.717, 1.165) is 5.69 Å². The number of Topliss-reactive ketones (excluding diaryl/α,β-unsaturated/α-hetero) is 1. The second-order valence-corrected chi connectivity index (χ2v) is 4.34. The summed E-state index contributed by atoms with van der Waals surface area (Å²) in [6, 6.07) is 1.86. The first-order chi connectivity index (χ1) is 6.93. The number of aromatic nitrogens is 2. The minimum atomic E-state index is -0.383. The highest BCUT2D eigenvalue weighted by Gasteiger charge is 2.21. The molecule has 15 heavy (non-hydrogen) atoms. The number of methoxy groups -OCH3 is 1. The molecule has 0 spiro atoms. The normalized spacial score (nSPS) is 11.7. The lowest BCUT2D eigenvalue weighted by Crippen LogP contribution is -2.27. The van der Waals surface area contributed by atoms with Crippen molar-refractivity contribution >= 4 is 5.78 Å². The molecule has 1 aromatic rings. The average Bonchev–Trinajstić information content (AvgIpc) is 2.50. The molecule has 0 amide bonds. The third kappa shape index (κ3) is 3.83. The Hall–Kier alpha value is -1.16. The Kier molecular flexibility index (Phi) is 3.63. The Morgan fingerprint density at radius 3 is 2.73 bits per heavy atom. The van der Waals surface area contributed by atoms with Gasteiger partial charge in [0.05, 0.1) is 17.7 Å². The van der Waals surface area contributed by atoms with Gasteiger partial charge in [-0.15, -0.1) is 0 Å². The quantitative estimate of drug-likeness (QED) is 0.736. The van der Waals surface area contributed by atoms with E-state index in [2.05, 4.69) is 5.10 Å². The molecule has 0 aromatic carbocycles. The Bertz CT molecular complexity index is 342. The van der Waals surface area contributed by atoms with E-state index in [1.165, 1.54) is 0 Å². The van der Waals surface area contributed by atoms with E-state index in [4.69, 9.17) is 4.74 Å². The summed E-state index contributed by atoms with van der Waals surface area (Å²) in [6.45, 7) is 3.81. The first-order valence-electron chi connectivity index (χ1n) is 4.98. The third-order valence-electron chi connectivity index (χ3n) is 2.32. The van der Waals surface area contributed by atoms with E-state index in [0.29, 0.717) is 12.8 Å². The molecule has 1 rings (SSSR count). The highest BCUT2D eigenvalue weighted by atomic mass is 16.5. The lowest BCUT2D eigenvalue weighted by Gasteiger charge is -2.21. The molecule has 0 aliphatic rings. The number of carbonyl (C=O) groups is 1. The molecule has 0 saturated carbocycles. The smallest absolute Gasteiger partial charge is 0.141 e. The molecule has 84 valence electrons. The van der Waals surface area contributed by atoms with Gasteiger partial charge in [0.1, 0.15) is 5.78 Å². The largest absolute Gasteiger partial charge is 0.378 e. The Balaban J connectivity index is 2.50. The van der Waals surface area contributed by atoms with Crippen LogP contribution < -0.4 is 0 Å². The molecule has 0 atom stereocenters. The number of hydrogen-bond acceptors (Lipinski definition) is 3. The maximum atomic E-state index is 11.7. The van der Waals surface area contributed by atoms with Gasteiger partial charge < -0.3 is 4.74 Å². The van der Waals surface area contributed by atoms with Gasteiger partial charge in [0.2, 0.25) is 0 Å². The third-order valence-corrected chi connectivity index (χ3v) is 2.32. The molecule has 0 radical (unpaired) electrons. The van der Waals surface area contributed by atoms with Crippen LogP contribution in [-0.2, 0) is 23.0 Å². The summed E-state index contributed by atoms with van der Waals surface area (Å²) in [5.41, 5.74) is 0.431. The summed E-state index contributed by atoms with van der Waals surface area (Å²) >= 11 is 0. The highest BCUT2D eigenvalue weighted by molar-refractivity contribution is 5.81. The van der Waals surface area contributed by atoms with E-state index in [1.54, 1.807) is 11.8 Å². The van der Waals surface area contributed by atoms with Gasteiger partial charge in [-0.25, -0.2) is 0 Å². The van der Waals surface area contributed by atoms with Crippen LogP contribution in [0.2, 0.25) is 0 Å². The van der Waals surface area contributed by atoms with Crippen LogP contribution in [0.1, 0.15) is 26.0 Å². The fourth-order valence-corrected chi connectivity index (χ4v) is 1.37. The van der Waals surface area contributed by atoms with Crippen LogP contribution in [0, 0.1) is 0 Å². The average molecular weight is 210 g/mol. The topological polar surface area (TPSA) is 44.1 Å². The van der Waals surface area contributed by atoms with E-state index in [9.17, 15) is 4.79 Å². The first-order valence-corrected chi connectivity index (χ1v) is 4.98. The van der Waals surface area contributed by atoms with Crippen molar-refractivity contribution in [2.75, 3.05) is 7.11 Å². The lowest BCUT2D eigenvalue weighted by molar-refractivity contribution is -0.123. The zero-order chi connectivity index (χ0) is 11.5. The van der Waals surface area contributed by atoms with Gasteiger partial charge >= 0.3 is 0 Å². The van der Waals surface area contributed by atoms with Crippen molar-refractivity contribution in [3.8, 4) is 0 Å². The molecular weight excluding hydrogens is 192 g/mol. The van der Waals surface area contributed by atoms with Crippen LogP contribution in [0.4, 0.5) is 0 Å². The second kappa shape index (κ2) is 4.57. The van der Waals surface area contributed by atoms with Crippen molar-refractivity contribution in [3.05, 3.63) is 18.0 Å². The van der Waals surface area contributed by atoms with Crippen molar-refractivity contribution in [2.24, 2.45) is 7.05 Å². The zero-order valence-electron chi connectivity index (χ0n) is 9.78. The van der Waals surface area contributed by atoms with Crippen molar-refractivity contribution in [1.29, 1.82) is 0 Å². The predicted molar refractivity (Wildman–Crippen MR) is 57.6 cm³/mol. The van der Waals surface area contributed by atoms with Crippen LogP contribution >= 0.6 is 0 Å². The number of hydrogen-bond donors (Lipinski definition) is 0. The molecule has 1 heterocycles. The highest BCUT2D eigenvalue weighted by Crippen LogP contribution is 2.14. The molecule has 0 fully saturated rings. The number of rotatable bonds is 5. The minimum absolute atomic E-state index is 0.153. The van der Waals surface area contributed by atoms with E-state index in [1.807, 2.05) is 33.2 Å². The summed E-state index contributed by atoms with van der Waals surface area (Å²) in [5.74, 6) is 0.153. The maximum absolute atomic E-state index is 11.7. The molecule has 0 aliphatic carbocycles. The van der Waals surface area contributed by atoms with Gasteiger partial charge in [-0.05, 0) is 19.9 Å². The number of carbonyl (C=O) groups excluding carboxylic acids is 1. The summed E-state index contributed by atoms with van der Waals surface area (Å²) in [6.07, 6.45) is 2.64. The molecule has 0 unspecified atom stereocenters. The van der Waals surface area contributed by atoms with Crippen molar-refractivity contribution in [2.45, 2.75) is 32.3 Å². The van der Waals surface area contributed by atoms with Gasteiger partial charge in [-0.2, -0.15) is 5.10 Å². The van der Waals surface area contributed by atoms with E-state index >= 15 is 0 Å². The lowest BCUT2D eigenvalue weighted by atomic mass is 9.99. The number of ether oxygens (including phenoxy) is 1. The molecule has 0 saturated heterocycles.